The number of rotatable bonds is 6. The van der Waals surface area contributed by atoms with Gasteiger partial charge < -0.3 is 0 Å². The largest absolute Gasteiger partial charge is 0.271 e. The summed E-state index contributed by atoms with van der Waals surface area (Å²) in [5, 5.41) is 0. The van der Waals surface area contributed by atoms with Crippen LogP contribution in [0.2, 0.25) is 0 Å². The normalized spacial score (nSPS) is 12.5. The molecule has 0 bridgehead atoms. The quantitative estimate of drug-likeness (QED) is 0.449. The van der Waals surface area contributed by atoms with Crippen molar-refractivity contribution in [3.8, 4) is 0 Å². The molecule has 1 aromatic carbocycles. The Kier molecular flexibility index (Phi) is 5.39. The van der Waals surface area contributed by atoms with Gasteiger partial charge in [-0.2, -0.15) is 0 Å². The van der Waals surface area contributed by atoms with E-state index in [9.17, 15) is 0 Å². The van der Waals surface area contributed by atoms with E-state index in [2.05, 4.69) is 51.0 Å². The highest BCUT2D eigenvalue weighted by Crippen LogP contribution is 2.14. The molecule has 0 heterocycles. The van der Waals surface area contributed by atoms with Gasteiger partial charge in [-0.3, -0.25) is 11.3 Å². The topological polar surface area (TPSA) is 38.0 Å². The summed E-state index contributed by atoms with van der Waals surface area (Å²) in [6, 6.07) is 6.94. The van der Waals surface area contributed by atoms with E-state index >= 15 is 0 Å². The molecule has 1 rings (SSSR count). The standard InChI is InChI=1S/C15H24N2/c1-11(2)5-8-15(17-16)10-14-7-6-12(3)13(4)9-14/h6-7,9,15,17H,1,5,8,10,16H2,2-4H3. The Labute approximate surface area is 105 Å². The van der Waals surface area contributed by atoms with Crippen LogP contribution in [0.5, 0.6) is 0 Å². The second-order valence-electron chi connectivity index (χ2n) is 4.98. The van der Waals surface area contributed by atoms with Crippen LogP contribution < -0.4 is 11.3 Å². The van der Waals surface area contributed by atoms with Gasteiger partial charge in [0, 0.05) is 6.04 Å². The average molecular weight is 232 g/mol. The molecule has 1 unspecified atom stereocenters. The molecule has 0 spiro atoms. The van der Waals surface area contributed by atoms with E-state index in [1.807, 2.05) is 0 Å². The minimum atomic E-state index is 0.328. The van der Waals surface area contributed by atoms with Crippen molar-refractivity contribution in [2.75, 3.05) is 0 Å². The Morgan fingerprint density at radius 1 is 1.35 bits per heavy atom. The molecule has 2 nitrogen and oxygen atoms in total. The third-order valence-corrected chi connectivity index (χ3v) is 3.21. The maximum Gasteiger partial charge on any atom is 0.0253 e. The molecule has 1 atom stereocenters. The van der Waals surface area contributed by atoms with Crippen molar-refractivity contribution in [1.29, 1.82) is 0 Å². The van der Waals surface area contributed by atoms with Crippen LogP contribution in [0.1, 0.15) is 36.5 Å². The van der Waals surface area contributed by atoms with E-state index in [1.54, 1.807) is 0 Å². The van der Waals surface area contributed by atoms with Crippen molar-refractivity contribution in [2.45, 2.75) is 46.1 Å². The van der Waals surface area contributed by atoms with Gasteiger partial charge in [-0.1, -0.05) is 23.8 Å². The van der Waals surface area contributed by atoms with Gasteiger partial charge in [0.15, 0.2) is 0 Å². The molecule has 0 aromatic heterocycles. The van der Waals surface area contributed by atoms with Gasteiger partial charge in [-0.05, 0) is 56.7 Å². The molecule has 0 aliphatic heterocycles. The molecular formula is C15H24N2. The second-order valence-corrected chi connectivity index (χ2v) is 4.98. The Morgan fingerprint density at radius 3 is 2.59 bits per heavy atom. The number of aryl methyl sites for hydroxylation is 2. The van der Waals surface area contributed by atoms with E-state index in [0.717, 1.165) is 19.3 Å². The predicted octanol–water partition coefficient (Wildman–Crippen LogP) is 3.03. The molecule has 0 saturated carbocycles. The van der Waals surface area contributed by atoms with E-state index < -0.39 is 0 Å². The smallest absolute Gasteiger partial charge is 0.0253 e. The van der Waals surface area contributed by atoms with Crippen LogP contribution >= 0.6 is 0 Å². The van der Waals surface area contributed by atoms with Crippen LogP contribution in [-0.2, 0) is 6.42 Å². The highest BCUT2D eigenvalue weighted by molar-refractivity contribution is 5.30. The molecule has 0 saturated heterocycles. The van der Waals surface area contributed by atoms with Crippen LogP contribution in [0.15, 0.2) is 30.4 Å². The van der Waals surface area contributed by atoms with E-state index in [4.69, 9.17) is 5.84 Å². The van der Waals surface area contributed by atoms with Gasteiger partial charge in [0.1, 0.15) is 0 Å². The number of allylic oxidation sites excluding steroid dienone is 1. The third kappa shape index (κ3) is 4.72. The molecule has 0 amide bonds. The van der Waals surface area contributed by atoms with Crippen LogP contribution in [-0.4, -0.2) is 6.04 Å². The lowest BCUT2D eigenvalue weighted by molar-refractivity contribution is 0.491. The minimum Gasteiger partial charge on any atom is -0.271 e. The fourth-order valence-corrected chi connectivity index (χ4v) is 1.88. The van der Waals surface area contributed by atoms with Crippen molar-refractivity contribution in [2.24, 2.45) is 5.84 Å². The van der Waals surface area contributed by atoms with Crippen molar-refractivity contribution in [3.05, 3.63) is 47.0 Å². The van der Waals surface area contributed by atoms with Crippen LogP contribution in [0, 0.1) is 13.8 Å². The first-order valence-electron chi connectivity index (χ1n) is 6.19. The average Bonchev–Trinajstić information content (AvgIpc) is 2.28. The summed E-state index contributed by atoms with van der Waals surface area (Å²) >= 11 is 0. The van der Waals surface area contributed by atoms with Crippen LogP contribution in [0.4, 0.5) is 0 Å². The molecule has 3 N–H and O–H groups in total. The number of hydrogen-bond acceptors (Lipinski definition) is 2. The highest BCUT2D eigenvalue weighted by atomic mass is 15.2. The monoisotopic (exact) mass is 232 g/mol. The van der Waals surface area contributed by atoms with Crippen molar-refractivity contribution < 1.29 is 0 Å². The van der Waals surface area contributed by atoms with Gasteiger partial charge in [0.2, 0.25) is 0 Å². The summed E-state index contributed by atoms with van der Waals surface area (Å²) in [6.45, 7) is 10.3. The first kappa shape index (κ1) is 13.9. The summed E-state index contributed by atoms with van der Waals surface area (Å²) in [6.07, 6.45) is 3.05. The Balaban J connectivity index is 2.60. The Bertz CT molecular complexity index is 383. The van der Waals surface area contributed by atoms with Crippen LogP contribution in [0.25, 0.3) is 0 Å². The first-order chi connectivity index (χ1) is 8.02. The van der Waals surface area contributed by atoms with E-state index in [-0.39, 0.29) is 0 Å². The molecule has 94 valence electrons. The molecule has 0 fully saturated rings. The van der Waals surface area contributed by atoms with Crippen molar-refractivity contribution in [3.63, 3.8) is 0 Å². The number of benzene rings is 1. The second kappa shape index (κ2) is 6.58. The minimum absolute atomic E-state index is 0.328. The molecule has 0 aliphatic rings. The van der Waals surface area contributed by atoms with E-state index in [0.29, 0.717) is 6.04 Å². The maximum absolute atomic E-state index is 5.60. The molecular weight excluding hydrogens is 208 g/mol. The Morgan fingerprint density at radius 2 is 2.06 bits per heavy atom. The number of hydrogen-bond donors (Lipinski definition) is 2. The van der Waals surface area contributed by atoms with Gasteiger partial charge in [-0.25, -0.2) is 0 Å². The molecule has 0 aliphatic carbocycles. The number of hydrazine groups is 1. The maximum atomic E-state index is 5.60. The lowest BCUT2D eigenvalue weighted by atomic mass is 9.98. The molecule has 17 heavy (non-hydrogen) atoms. The zero-order valence-corrected chi connectivity index (χ0v) is 11.2. The van der Waals surface area contributed by atoms with E-state index in [1.165, 1.54) is 22.3 Å². The summed E-state index contributed by atoms with van der Waals surface area (Å²) < 4.78 is 0. The van der Waals surface area contributed by atoms with Crippen molar-refractivity contribution >= 4 is 0 Å². The highest BCUT2D eigenvalue weighted by Gasteiger charge is 2.08. The first-order valence-corrected chi connectivity index (χ1v) is 6.19. The number of nitrogens with one attached hydrogen (secondary N) is 1. The van der Waals surface area contributed by atoms with Gasteiger partial charge >= 0.3 is 0 Å². The van der Waals surface area contributed by atoms with Gasteiger partial charge in [-0.15, -0.1) is 6.58 Å². The van der Waals surface area contributed by atoms with Crippen LogP contribution in [0.3, 0.4) is 0 Å². The lowest BCUT2D eigenvalue weighted by Crippen LogP contribution is -2.36. The zero-order chi connectivity index (χ0) is 12.8. The fourth-order valence-electron chi connectivity index (χ4n) is 1.88. The SMILES string of the molecule is C=C(C)CCC(Cc1ccc(C)c(C)c1)NN. The number of nitrogens with two attached hydrogens (primary N) is 1. The Hall–Kier alpha value is -1.12. The lowest BCUT2D eigenvalue weighted by Gasteiger charge is -2.16. The third-order valence-electron chi connectivity index (χ3n) is 3.21. The fraction of sp³-hybridized carbons (Fsp3) is 0.467. The van der Waals surface area contributed by atoms with Crippen molar-refractivity contribution in [1.82, 2.24) is 5.43 Å². The van der Waals surface area contributed by atoms with Gasteiger partial charge in [0.05, 0.1) is 0 Å². The summed E-state index contributed by atoms with van der Waals surface area (Å²) in [7, 11) is 0. The molecule has 0 radical (unpaired) electrons. The zero-order valence-electron chi connectivity index (χ0n) is 11.2. The van der Waals surface area contributed by atoms with Gasteiger partial charge in [0.25, 0.3) is 0 Å². The summed E-state index contributed by atoms with van der Waals surface area (Å²) in [5.74, 6) is 5.60. The molecule has 2 heteroatoms. The molecule has 1 aromatic rings. The summed E-state index contributed by atoms with van der Waals surface area (Å²) in [4.78, 5) is 0. The predicted molar refractivity (Wildman–Crippen MR) is 74.8 cm³/mol. The summed E-state index contributed by atoms with van der Waals surface area (Å²) in [5.41, 5.74) is 8.14.